The highest BCUT2D eigenvalue weighted by atomic mass is 35.5. The molecule has 0 aromatic carbocycles. The number of amides is 1. The van der Waals surface area contributed by atoms with E-state index in [1.165, 1.54) is 0 Å². The Kier molecular flexibility index (Phi) is 4.36. The Bertz CT molecular complexity index is 401. The zero-order valence-corrected chi connectivity index (χ0v) is 11.2. The molecule has 2 rings (SSSR count). The summed E-state index contributed by atoms with van der Waals surface area (Å²) in [6.07, 6.45) is 2.12. The first-order chi connectivity index (χ1) is 8.65. The van der Waals surface area contributed by atoms with Crippen LogP contribution in [0, 0.1) is 5.92 Å². The van der Waals surface area contributed by atoms with E-state index in [0.29, 0.717) is 11.1 Å². The lowest BCUT2D eigenvalue weighted by atomic mass is 9.97. The molecular weight excluding hydrogens is 252 g/mol. The summed E-state index contributed by atoms with van der Waals surface area (Å²) in [6, 6.07) is 3.65. The Hall–Kier alpha value is -1.36. The van der Waals surface area contributed by atoms with Gasteiger partial charge in [-0.25, -0.2) is 0 Å². The summed E-state index contributed by atoms with van der Waals surface area (Å²) in [5.41, 5.74) is 0. The maximum absolute atomic E-state index is 10.9. The number of halogens is 1. The number of nitrogens with one attached hydrogen (secondary N) is 1. The van der Waals surface area contributed by atoms with E-state index in [9.17, 15) is 4.79 Å². The molecule has 0 unspecified atom stereocenters. The van der Waals surface area contributed by atoms with Gasteiger partial charge in [0.15, 0.2) is 11.0 Å². The molecule has 5 nitrogen and oxygen atoms in total. The van der Waals surface area contributed by atoms with Crippen LogP contribution in [-0.2, 0) is 4.79 Å². The first-order valence-corrected chi connectivity index (χ1v) is 6.51. The van der Waals surface area contributed by atoms with Gasteiger partial charge in [0.2, 0.25) is 5.91 Å². The zero-order valence-electron chi connectivity index (χ0n) is 10.4. The van der Waals surface area contributed by atoms with Crippen LogP contribution in [0.4, 0.5) is 5.82 Å². The predicted molar refractivity (Wildman–Crippen MR) is 70.7 cm³/mol. The summed E-state index contributed by atoms with van der Waals surface area (Å²) in [5.74, 6) is 1.48. The van der Waals surface area contributed by atoms with Crippen molar-refractivity contribution in [2.24, 2.45) is 5.92 Å². The summed E-state index contributed by atoms with van der Waals surface area (Å²) in [5, 5.41) is 11.2. The number of aromatic nitrogens is 2. The van der Waals surface area contributed by atoms with Gasteiger partial charge in [0.05, 0.1) is 0 Å². The quantitative estimate of drug-likeness (QED) is 0.902. The van der Waals surface area contributed by atoms with Gasteiger partial charge in [-0.3, -0.25) is 4.79 Å². The highest BCUT2D eigenvalue weighted by Crippen LogP contribution is 2.21. The van der Waals surface area contributed by atoms with Gasteiger partial charge in [-0.1, -0.05) is 11.6 Å². The third-order valence-corrected chi connectivity index (χ3v) is 3.40. The van der Waals surface area contributed by atoms with Crippen molar-refractivity contribution in [3.8, 4) is 0 Å². The number of hydrogen-bond donors (Lipinski definition) is 1. The minimum absolute atomic E-state index is 0.0426. The smallest absolute Gasteiger partial charge is 0.216 e. The summed E-state index contributed by atoms with van der Waals surface area (Å²) < 4.78 is 0. The molecule has 18 heavy (non-hydrogen) atoms. The molecule has 0 spiro atoms. The SMILES string of the molecule is CC(=O)NCC1CCN(c2ccc(Cl)nn2)CC1. The molecule has 1 fully saturated rings. The summed E-state index contributed by atoms with van der Waals surface area (Å²) >= 11 is 5.71. The zero-order chi connectivity index (χ0) is 13.0. The van der Waals surface area contributed by atoms with Crippen molar-refractivity contribution in [1.29, 1.82) is 0 Å². The van der Waals surface area contributed by atoms with Gasteiger partial charge in [-0.05, 0) is 30.9 Å². The molecule has 1 N–H and O–H groups in total. The number of piperidine rings is 1. The van der Waals surface area contributed by atoms with Gasteiger partial charge < -0.3 is 10.2 Å². The average molecular weight is 269 g/mol. The molecule has 1 amide bonds. The van der Waals surface area contributed by atoms with Crippen molar-refractivity contribution in [2.45, 2.75) is 19.8 Å². The Balaban J connectivity index is 1.83. The van der Waals surface area contributed by atoms with E-state index >= 15 is 0 Å². The monoisotopic (exact) mass is 268 g/mol. The largest absolute Gasteiger partial charge is 0.356 e. The van der Waals surface area contributed by atoms with Crippen molar-refractivity contribution in [3.05, 3.63) is 17.3 Å². The first kappa shape index (κ1) is 13.1. The lowest BCUT2D eigenvalue weighted by Gasteiger charge is -2.32. The van der Waals surface area contributed by atoms with Crippen LogP contribution in [0.3, 0.4) is 0 Å². The number of rotatable bonds is 3. The van der Waals surface area contributed by atoms with Crippen LogP contribution in [0.15, 0.2) is 12.1 Å². The third kappa shape index (κ3) is 3.57. The second-order valence-corrected chi connectivity index (χ2v) is 4.97. The fourth-order valence-electron chi connectivity index (χ4n) is 2.13. The van der Waals surface area contributed by atoms with E-state index in [1.54, 1.807) is 13.0 Å². The molecule has 0 atom stereocenters. The van der Waals surface area contributed by atoms with Crippen LogP contribution in [0.1, 0.15) is 19.8 Å². The summed E-state index contributed by atoms with van der Waals surface area (Å²) in [6.45, 7) is 4.22. The molecule has 1 aliphatic heterocycles. The fraction of sp³-hybridized carbons (Fsp3) is 0.583. The molecule has 2 heterocycles. The summed E-state index contributed by atoms with van der Waals surface area (Å²) in [4.78, 5) is 13.1. The molecule has 98 valence electrons. The number of hydrogen-bond acceptors (Lipinski definition) is 4. The highest BCUT2D eigenvalue weighted by molar-refractivity contribution is 6.29. The Morgan fingerprint density at radius 2 is 2.17 bits per heavy atom. The number of anilines is 1. The Morgan fingerprint density at radius 1 is 1.44 bits per heavy atom. The van der Waals surface area contributed by atoms with Crippen molar-refractivity contribution >= 4 is 23.3 Å². The molecule has 1 saturated heterocycles. The second kappa shape index (κ2) is 6.00. The van der Waals surface area contributed by atoms with E-state index in [0.717, 1.165) is 38.3 Å². The van der Waals surface area contributed by atoms with Gasteiger partial charge in [-0.2, -0.15) is 0 Å². The standard InChI is InChI=1S/C12H17ClN4O/c1-9(18)14-8-10-4-6-17(7-5-10)12-3-2-11(13)15-16-12/h2-3,10H,4-8H2,1H3,(H,14,18). The molecule has 1 aromatic rings. The third-order valence-electron chi connectivity index (χ3n) is 3.20. The Labute approximate surface area is 112 Å². The highest BCUT2D eigenvalue weighted by Gasteiger charge is 2.20. The van der Waals surface area contributed by atoms with E-state index in [2.05, 4.69) is 20.4 Å². The van der Waals surface area contributed by atoms with Gasteiger partial charge in [0, 0.05) is 26.6 Å². The van der Waals surface area contributed by atoms with Crippen molar-refractivity contribution < 1.29 is 4.79 Å². The van der Waals surface area contributed by atoms with E-state index in [-0.39, 0.29) is 5.91 Å². The van der Waals surface area contributed by atoms with Crippen molar-refractivity contribution in [3.63, 3.8) is 0 Å². The lowest BCUT2D eigenvalue weighted by molar-refractivity contribution is -0.119. The van der Waals surface area contributed by atoms with Gasteiger partial charge in [0.25, 0.3) is 0 Å². The van der Waals surface area contributed by atoms with Crippen molar-refractivity contribution in [2.75, 3.05) is 24.5 Å². The topological polar surface area (TPSA) is 58.1 Å². The molecular formula is C12H17ClN4O. The van der Waals surface area contributed by atoms with Crippen LogP contribution in [-0.4, -0.2) is 35.7 Å². The summed E-state index contributed by atoms with van der Waals surface area (Å²) in [7, 11) is 0. The predicted octanol–water partition coefficient (Wildman–Crippen LogP) is 1.48. The van der Waals surface area contributed by atoms with Crippen LogP contribution in [0.2, 0.25) is 5.15 Å². The molecule has 0 radical (unpaired) electrons. The van der Waals surface area contributed by atoms with E-state index in [4.69, 9.17) is 11.6 Å². The number of carbonyl (C=O) groups is 1. The maximum Gasteiger partial charge on any atom is 0.216 e. The normalized spacial score (nSPS) is 16.7. The average Bonchev–Trinajstić information content (AvgIpc) is 2.38. The second-order valence-electron chi connectivity index (χ2n) is 4.58. The number of carbonyl (C=O) groups excluding carboxylic acids is 1. The van der Waals surface area contributed by atoms with Crippen LogP contribution >= 0.6 is 11.6 Å². The first-order valence-electron chi connectivity index (χ1n) is 6.14. The molecule has 0 aliphatic carbocycles. The van der Waals surface area contributed by atoms with Crippen LogP contribution < -0.4 is 10.2 Å². The van der Waals surface area contributed by atoms with E-state index < -0.39 is 0 Å². The molecule has 6 heteroatoms. The number of nitrogens with zero attached hydrogens (tertiary/aromatic N) is 3. The molecule has 0 saturated carbocycles. The van der Waals surface area contributed by atoms with Gasteiger partial charge >= 0.3 is 0 Å². The van der Waals surface area contributed by atoms with Gasteiger partial charge in [-0.15, -0.1) is 10.2 Å². The molecule has 1 aliphatic rings. The van der Waals surface area contributed by atoms with Crippen molar-refractivity contribution in [1.82, 2.24) is 15.5 Å². The Morgan fingerprint density at radius 3 is 2.72 bits per heavy atom. The van der Waals surface area contributed by atoms with Gasteiger partial charge in [0.1, 0.15) is 0 Å². The minimum Gasteiger partial charge on any atom is -0.356 e. The lowest BCUT2D eigenvalue weighted by Crippen LogP contribution is -2.38. The maximum atomic E-state index is 10.9. The molecule has 0 bridgehead atoms. The fourth-order valence-corrected chi connectivity index (χ4v) is 2.23. The van der Waals surface area contributed by atoms with Crippen LogP contribution in [0.5, 0.6) is 0 Å². The molecule has 1 aromatic heterocycles. The van der Waals surface area contributed by atoms with Crippen LogP contribution in [0.25, 0.3) is 0 Å². The van der Waals surface area contributed by atoms with E-state index in [1.807, 2.05) is 6.07 Å². The minimum atomic E-state index is 0.0426.